The van der Waals surface area contributed by atoms with Crippen LogP contribution in [0.4, 0.5) is 5.82 Å². The number of halogens is 1. The van der Waals surface area contributed by atoms with Gasteiger partial charge in [-0.15, -0.1) is 0 Å². The maximum atomic E-state index is 9.66. The molecule has 0 atom stereocenters. The van der Waals surface area contributed by atoms with Crippen LogP contribution in [-0.4, -0.2) is 5.11 Å². The minimum Gasteiger partial charge on any atom is -0.508 e. The number of benzene rings is 1. The predicted molar refractivity (Wildman–Crippen MR) is 68.2 cm³/mol. The Balaban J connectivity index is 2.09. The van der Waals surface area contributed by atoms with Crippen LogP contribution in [0.3, 0.4) is 0 Å². The Morgan fingerprint density at radius 2 is 2.12 bits per heavy atom. The Labute approximate surface area is 105 Å². The van der Waals surface area contributed by atoms with Gasteiger partial charge >= 0.3 is 0 Å². The van der Waals surface area contributed by atoms with Crippen molar-refractivity contribution in [2.24, 2.45) is 0 Å². The van der Waals surface area contributed by atoms with Gasteiger partial charge in [0.05, 0.1) is 6.20 Å². The first-order chi connectivity index (χ1) is 8.15. The second-order valence-electron chi connectivity index (χ2n) is 3.91. The molecule has 0 unspecified atom stereocenters. The van der Waals surface area contributed by atoms with Crippen molar-refractivity contribution in [3.05, 3.63) is 52.7 Å². The molecule has 17 heavy (non-hydrogen) atoms. The standard InChI is InChI=1S/C13H13ClN2O/c1-9-4-5-15-13(6-9)16-8-10-7-11(14)2-3-12(10)17/h2-7,17H,8H2,1H3,(H,15,16)/p+1. The van der Waals surface area contributed by atoms with Crippen molar-refractivity contribution in [1.82, 2.24) is 0 Å². The molecule has 3 nitrogen and oxygen atoms in total. The zero-order chi connectivity index (χ0) is 12.3. The topological polar surface area (TPSA) is 46.4 Å². The molecular formula is C13H14ClN2O+. The van der Waals surface area contributed by atoms with Crippen LogP contribution < -0.4 is 10.3 Å². The fourth-order valence-electron chi connectivity index (χ4n) is 1.57. The van der Waals surface area contributed by atoms with Crippen LogP contribution in [-0.2, 0) is 6.54 Å². The summed E-state index contributed by atoms with van der Waals surface area (Å²) in [5.74, 6) is 1.15. The van der Waals surface area contributed by atoms with Gasteiger partial charge in [-0.05, 0) is 36.8 Å². The molecule has 0 aliphatic rings. The number of phenols is 1. The van der Waals surface area contributed by atoms with Crippen LogP contribution in [0, 0.1) is 6.92 Å². The van der Waals surface area contributed by atoms with E-state index in [9.17, 15) is 5.11 Å². The van der Waals surface area contributed by atoms with Gasteiger partial charge in [-0.25, -0.2) is 4.98 Å². The van der Waals surface area contributed by atoms with Crippen molar-refractivity contribution in [3.63, 3.8) is 0 Å². The molecule has 88 valence electrons. The summed E-state index contributed by atoms with van der Waals surface area (Å²) in [6, 6.07) is 9.00. The number of aromatic amines is 1. The van der Waals surface area contributed by atoms with Gasteiger partial charge in [0.1, 0.15) is 12.3 Å². The molecule has 3 N–H and O–H groups in total. The van der Waals surface area contributed by atoms with Crippen LogP contribution in [0.1, 0.15) is 11.1 Å². The highest BCUT2D eigenvalue weighted by Gasteiger charge is 2.06. The molecule has 0 radical (unpaired) electrons. The number of hydrogen-bond donors (Lipinski definition) is 2. The fraction of sp³-hybridized carbons (Fsp3) is 0.154. The SMILES string of the molecule is Cc1cc[nH+]c(NCc2cc(Cl)ccc2O)c1. The molecule has 1 heterocycles. The number of aryl methyl sites for hydroxylation is 1. The number of nitrogens with one attached hydrogen (secondary N) is 2. The van der Waals surface area contributed by atoms with Crippen molar-refractivity contribution in [2.45, 2.75) is 13.5 Å². The van der Waals surface area contributed by atoms with Crippen molar-refractivity contribution >= 4 is 17.4 Å². The number of phenolic OH excluding ortho intramolecular Hbond substituents is 1. The first-order valence-electron chi connectivity index (χ1n) is 5.35. The molecular weight excluding hydrogens is 236 g/mol. The quantitative estimate of drug-likeness (QED) is 0.879. The Hall–Kier alpha value is -1.74. The van der Waals surface area contributed by atoms with Crippen molar-refractivity contribution in [2.75, 3.05) is 5.32 Å². The largest absolute Gasteiger partial charge is 0.508 e. The summed E-state index contributed by atoms with van der Waals surface area (Å²) in [4.78, 5) is 3.09. The third-order valence-electron chi connectivity index (χ3n) is 2.47. The molecule has 0 aliphatic carbocycles. The van der Waals surface area contributed by atoms with Crippen LogP contribution in [0.5, 0.6) is 5.75 Å². The second-order valence-corrected chi connectivity index (χ2v) is 4.34. The van der Waals surface area contributed by atoms with Crippen molar-refractivity contribution < 1.29 is 10.1 Å². The normalized spacial score (nSPS) is 10.2. The minimum atomic E-state index is 0.245. The lowest BCUT2D eigenvalue weighted by Gasteiger charge is -2.03. The molecule has 2 rings (SSSR count). The zero-order valence-corrected chi connectivity index (χ0v) is 10.3. The minimum absolute atomic E-state index is 0.245. The van der Waals surface area contributed by atoms with E-state index in [-0.39, 0.29) is 5.75 Å². The number of H-pyrrole nitrogens is 1. The summed E-state index contributed by atoms with van der Waals surface area (Å²) < 4.78 is 0. The van der Waals surface area contributed by atoms with E-state index in [2.05, 4.69) is 10.3 Å². The van der Waals surface area contributed by atoms with E-state index >= 15 is 0 Å². The van der Waals surface area contributed by atoms with E-state index in [0.29, 0.717) is 11.6 Å². The van der Waals surface area contributed by atoms with Gasteiger partial charge in [-0.1, -0.05) is 11.6 Å². The van der Waals surface area contributed by atoms with E-state index in [1.54, 1.807) is 18.2 Å². The molecule has 0 saturated heterocycles. The highest BCUT2D eigenvalue weighted by Crippen LogP contribution is 2.21. The van der Waals surface area contributed by atoms with Gasteiger partial charge in [0.15, 0.2) is 0 Å². The molecule has 4 heteroatoms. The summed E-state index contributed by atoms with van der Waals surface area (Å²) in [5, 5.41) is 13.5. The third-order valence-corrected chi connectivity index (χ3v) is 2.70. The maximum absolute atomic E-state index is 9.66. The van der Waals surface area contributed by atoms with E-state index in [1.165, 1.54) is 5.56 Å². The van der Waals surface area contributed by atoms with Crippen LogP contribution >= 0.6 is 11.6 Å². The highest BCUT2D eigenvalue weighted by atomic mass is 35.5. The first-order valence-corrected chi connectivity index (χ1v) is 5.72. The number of pyridine rings is 1. The summed E-state index contributed by atoms with van der Waals surface area (Å²) in [7, 11) is 0. The molecule has 0 spiro atoms. The highest BCUT2D eigenvalue weighted by molar-refractivity contribution is 6.30. The summed E-state index contributed by atoms with van der Waals surface area (Å²) >= 11 is 5.88. The molecule has 0 aliphatic heterocycles. The predicted octanol–water partition coefficient (Wildman–Crippen LogP) is 2.78. The number of anilines is 1. The smallest absolute Gasteiger partial charge is 0.272 e. The first kappa shape index (κ1) is 11.7. The van der Waals surface area contributed by atoms with Crippen LogP contribution in [0.15, 0.2) is 36.5 Å². The monoisotopic (exact) mass is 249 g/mol. The molecule has 1 aromatic carbocycles. The van der Waals surface area contributed by atoms with Gasteiger partial charge in [0.2, 0.25) is 0 Å². The Morgan fingerprint density at radius 1 is 1.29 bits per heavy atom. The third kappa shape index (κ3) is 3.11. The summed E-state index contributed by atoms with van der Waals surface area (Å²) in [6.07, 6.45) is 1.87. The van der Waals surface area contributed by atoms with Crippen LogP contribution in [0.25, 0.3) is 0 Å². The second kappa shape index (κ2) is 5.06. The van der Waals surface area contributed by atoms with E-state index in [4.69, 9.17) is 11.6 Å². The number of aromatic nitrogens is 1. The molecule has 0 bridgehead atoms. The average molecular weight is 250 g/mol. The van der Waals surface area contributed by atoms with Gasteiger partial charge < -0.3 is 5.11 Å². The molecule has 2 aromatic rings. The lowest BCUT2D eigenvalue weighted by atomic mass is 10.2. The molecule has 0 fully saturated rings. The van der Waals surface area contributed by atoms with Gasteiger partial charge in [-0.3, -0.25) is 5.32 Å². The maximum Gasteiger partial charge on any atom is 0.272 e. The molecule has 0 amide bonds. The Kier molecular flexibility index (Phi) is 3.49. The molecule has 1 aromatic heterocycles. The summed E-state index contributed by atoms with van der Waals surface area (Å²) in [5.41, 5.74) is 1.94. The van der Waals surface area contributed by atoms with E-state index in [0.717, 1.165) is 11.4 Å². The number of rotatable bonds is 3. The molecule has 0 saturated carbocycles. The van der Waals surface area contributed by atoms with E-state index < -0.39 is 0 Å². The van der Waals surface area contributed by atoms with E-state index in [1.807, 2.05) is 25.3 Å². The van der Waals surface area contributed by atoms with Crippen LogP contribution in [0.2, 0.25) is 5.02 Å². The Morgan fingerprint density at radius 3 is 2.88 bits per heavy atom. The van der Waals surface area contributed by atoms with Gasteiger partial charge in [-0.2, -0.15) is 0 Å². The fourth-order valence-corrected chi connectivity index (χ4v) is 1.76. The van der Waals surface area contributed by atoms with Gasteiger partial charge in [0.25, 0.3) is 5.82 Å². The van der Waals surface area contributed by atoms with Crippen molar-refractivity contribution in [1.29, 1.82) is 0 Å². The van der Waals surface area contributed by atoms with Gasteiger partial charge in [0, 0.05) is 16.7 Å². The lowest BCUT2D eigenvalue weighted by molar-refractivity contribution is -0.361. The number of hydrogen-bond acceptors (Lipinski definition) is 2. The average Bonchev–Trinajstić information content (AvgIpc) is 2.30. The van der Waals surface area contributed by atoms with Crippen molar-refractivity contribution in [3.8, 4) is 5.75 Å². The lowest BCUT2D eigenvalue weighted by Crippen LogP contribution is -2.12. The number of aromatic hydroxyl groups is 1. The zero-order valence-electron chi connectivity index (χ0n) is 9.50. The Bertz CT molecular complexity index is 529. The summed E-state index contributed by atoms with van der Waals surface area (Å²) in [6.45, 7) is 2.54.